The highest BCUT2D eigenvalue weighted by atomic mass is 79.9. The summed E-state index contributed by atoms with van der Waals surface area (Å²) in [7, 11) is 2.13. The van der Waals surface area contributed by atoms with E-state index < -0.39 is 0 Å². The predicted octanol–water partition coefficient (Wildman–Crippen LogP) is 4.12. The molecular formula is C20H31BrN2O3. The summed E-state index contributed by atoms with van der Waals surface area (Å²) in [5.41, 5.74) is 8.41. The maximum Gasteiger partial charge on any atom is 0.338 e. The highest BCUT2D eigenvalue weighted by Gasteiger charge is 2.20. The van der Waals surface area contributed by atoms with Gasteiger partial charge in [-0.25, -0.2) is 4.79 Å². The Morgan fingerprint density at radius 1 is 1.27 bits per heavy atom. The van der Waals surface area contributed by atoms with Crippen LogP contribution in [0.5, 0.6) is 0 Å². The molecule has 0 atom stereocenters. The van der Waals surface area contributed by atoms with Crippen molar-refractivity contribution >= 4 is 27.6 Å². The molecule has 6 heteroatoms. The molecule has 1 aromatic carbocycles. The van der Waals surface area contributed by atoms with Gasteiger partial charge in [0.1, 0.15) is 0 Å². The van der Waals surface area contributed by atoms with Crippen molar-refractivity contribution in [1.82, 2.24) is 4.90 Å². The van der Waals surface area contributed by atoms with Crippen LogP contribution in [0.3, 0.4) is 0 Å². The summed E-state index contributed by atoms with van der Waals surface area (Å²) in [6.07, 6.45) is 8.72. The molecule has 0 radical (unpaired) electrons. The van der Waals surface area contributed by atoms with E-state index in [1.54, 1.807) is 6.07 Å². The van der Waals surface area contributed by atoms with E-state index in [0.29, 0.717) is 23.9 Å². The third-order valence-corrected chi connectivity index (χ3v) is 5.76. The summed E-state index contributed by atoms with van der Waals surface area (Å²) in [5.74, 6) is -0.323. The Balaban J connectivity index is 1.99. The number of nitrogen functional groups attached to an aromatic ring is 1. The van der Waals surface area contributed by atoms with Crippen molar-refractivity contribution in [3.05, 3.63) is 27.7 Å². The summed E-state index contributed by atoms with van der Waals surface area (Å²) >= 11 is 3.47. The lowest BCUT2D eigenvalue weighted by atomic mass is 9.94. The SMILES string of the molecule is CN(Cc1cc(C(=O)OCCCCCO)cc(Br)c1N)C1CCCCC1. The second-order valence-electron chi connectivity index (χ2n) is 7.16. The van der Waals surface area contributed by atoms with Crippen LogP contribution in [0.4, 0.5) is 5.69 Å². The molecule has 1 fully saturated rings. The minimum atomic E-state index is -0.323. The maximum absolute atomic E-state index is 12.3. The number of nitrogens with zero attached hydrogens (tertiary/aromatic N) is 1. The Hall–Kier alpha value is -1.11. The average molecular weight is 427 g/mol. The molecule has 1 aliphatic rings. The number of anilines is 1. The predicted molar refractivity (Wildman–Crippen MR) is 108 cm³/mol. The lowest BCUT2D eigenvalue weighted by molar-refractivity contribution is 0.0496. The van der Waals surface area contributed by atoms with Crippen LogP contribution >= 0.6 is 15.9 Å². The van der Waals surface area contributed by atoms with Crippen molar-refractivity contribution in [2.75, 3.05) is 26.0 Å². The summed E-state index contributed by atoms with van der Waals surface area (Å²) in [6, 6.07) is 4.18. The normalized spacial score (nSPS) is 15.4. The number of benzene rings is 1. The molecule has 1 aliphatic carbocycles. The zero-order valence-corrected chi connectivity index (χ0v) is 17.3. The van der Waals surface area contributed by atoms with Crippen molar-refractivity contribution in [3.63, 3.8) is 0 Å². The standard InChI is InChI=1S/C20H31BrN2O3/c1-23(17-8-4-2-5-9-17)14-16-12-15(13-18(21)19(16)22)20(25)26-11-7-3-6-10-24/h12-13,17,24H,2-11,14,22H2,1H3. The Labute approximate surface area is 165 Å². The van der Waals surface area contributed by atoms with Crippen LogP contribution in [0.15, 0.2) is 16.6 Å². The fraction of sp³-hybridized carbons (Fsp3) is 0.650. The van der Waals surface area contributed by atoms with Crippen LogP contribution in [0.2, 0.25) is 0 Å². The molecule has 0 aliphatic heterocycles. The first-order valence-corrected chi connectivity index (χ1v) is 10.4. The summed E-state index contributed by atoms with van der Waals surface area (Å²) in [4.78, 5) is 14.7. The third kappa shape index (κ3) is 6.25. The van der Waals surface area contributed by atoms with Crippen LogP contribution < -0.4 is 5.73 Å². The number of carbonyl (C=O) groups excluding carboxylic acids is 1. The number of ether oxygens (including phenoxy) is 1. The van der Waals surface area contributed by atoms with Gasteiger partial charge in [-0.1, -0.05) is 19.3 Å². The van der Waals surface area contributed by atoms with E-state index in [4.69, 9.17) is 15.6 Å². The molecule has 0 spiro atoms. The number of aliphatic hydroxyl groups excluding tert-OH is 1. The van der Waals surface area contributed by atoms with Gasteiger partial charge in [0.15, 0.2) is 0 Å². The van der Waals surface area contributed by atoms with E-state index in [1.165, 1.54) is 32.1 Å². The van der Waals surface area contributed by atoms with Gasteiger partial charge in [-0.3, -0.25) is 4.90 Å². The van der Waals surface area contributed by atoms with Gasteiger partial charge in [-0.2, -0.15) is 0 Å². The van der Waals surface area contributed by atoms with Crippen molar-refractivity contribution in [2.45, 2.75) is 64.0 Å². The zero-order valence-electron chi connectivity index (χ0n) is 15.7. The van der Waals surface area contributed by atoms with Crippen molar-refractivity contribution in [3.8, 4) is 0 Å². The van der Waals surface area contributed by atoms with Gasteiger partial charge in [0.05, 0.1) is 17.9 Å². The maximum atomic E-state index is 12.3. The Morgan fingerprint density at radius 3 is 2.69 bits per heavy atom. The number of hydrogen-bond donors (Lipinski definition) is 2. The van der Waals surface area contributed by atoms with Crippen molar-refractivity contribution in [1.29, 1.82) is 0 Å². The van der Waals surface area contributed by atoms with E-state index >= 15 is 0 Å². The van der Waals surface area contributed by atoms with E-state index in [2.05, 4.69) is 27.9 Å². The van der Waals surface area contributed by atoms with Crippen molar-refractivity contribution in [2.24, 2.45) is 0 Å². The zero-order chi connectivity index (χ0) is 18.9. The molecule has 0 saturated heterocycles. The topological polar surface area (TPSA) is 75.8 Å². The van der Waals surface area contributed by atoms with Crippen molar-refractivity contribution < 1.29 is 14.6 Å². The minimum absolute atomic E-state index is 0.177. The Bertz CT molecular complexity index is 589. The second-order valence-corrected chi connectivity index (χ2v) is 8.01. The quantitative estimate of drug-likeness (QED) is 0.352. The van der Waals surface area contributed by atoms with E-state index in [9.17, 15) is 4.79 Å². The summed E-state index contributed by atoms with van der Waals surface area (Å²) in [5, 5.41) is 8.78. The smallest absolute Gasteiger partial charge is 0.338 e. The second kappa shape index (κ2) is 10.9. The molecule has 5 nitrogen and oxygen atoms in total. The van der Waals surface area contributed by atoms with Gasteiger partial charge < -0.3 is 15.6 Å². The first-order valence-electron chi connectivity index (χ1n) is 9.59. The molecule has 2 rings (SSSR count). The first-order chi connectivity index (χ1) is 12.5. The average Bonchev–Trinajstić information content (AvgIpc) is 2.65. The van der Waals surface area contributed by atoms with E-state index in [1.807, 2.05) is 6.07 Å². The molecule has 26 heavy (non-hydrogen) atoms. The van der Waals surface area contributed by atoms with Gasteiger partial charge in [-0.05, 0) is 72.8 Å². The van der Waals surface area contributed by atoms with Crippen LogP contribution in [0.25, 0.3) is 0 Å². The van der Waals surface area contributed by atoms with Gasteiger partial charge in [0, 0.05) is 23.7 Å². The number of esters is 1. The number of rotatable bonds is 9. The number of unbranched alkanes of at least 4 members (excludes halogenated alkanes) is 2. The molecule has 1 aromatic rings. The molecule has 0 bridgehead atoms. The fourth-order valence-corrected chi connectivity index (χ4v) is 3.98. The van der Waals surface area contributed by atoms with E-state index in [0.717, 1.165) is 35.8 Å². The molecule has 0 aromatic heterocycles. The third-order valence-electron chi connectivity index (χ3n) is 5.10. The van der Waals surface area contributed by atoms with Gasteiger partial charge >= 0.3 is 5.97 Å². The largest absolute Gasteiger partial charge is 0.462 e. The minimum Gasteiger partial charge on any atom is -0.462 e. The lowest BCUT2D eigenvalue weighted by Crippen LogP contribution is -2.33. The number of aliphatic hydroxyl groups is 1. The molecule has 3 N–H and O–H groups in total. The highest BCUT2D eigenvalue weighted by molar-refractivity contribution is 9.10. The first kappa shape index (κ1) is 21.2. The fourth-order valence-electron chi connectivity index (χ4n) is 3.48. The van der Waals surface area contributed by atoms with Gasteiger partial charge in [-0.15, -0.1) is 0 Å². The van der Waals surface area contributed by atoms with Crippen LogP contribution in [0.1, 0.15) is 67.3 Å². The van der Waals surface area contributed by atoms with Crippen LogP contribution in [-0.4, -0.2) is 42.3 Å². The summed E-state index contributed by atoms with van der Waals surface area (Å²) in [6.45, 7) is 1.28. The molecule has 0 heterocycles. The number of carbonyl (C=O) groups is 1. The number of halogens is 1. The van der Waals surface area contributed by atoms with Gasteiger partial charge in [0.25, 0.3) is 0 Å². The monoisotopic (exact) mass is 426 g/mol. The Kier molecular flexibility index (Phi) is 8.88. The van der Waals surface area contributed by atoms with E-state index in [-0.39, 0.29) is 12.6 Å². The molecule has 0 unspecified atom stereocenters. The highest BCUT2D eigenvalue weighted by Crippen LogP contribution is 2.29. The van der Waals surface area contributed by atoms with Crippen LogP contribution in [0, 0.1) is 0 Å². The van der Waals surface area contributed by atoms with Crippen LogP contribution in [-0.2, 0) is 11.3 Å². The number of hydrogen-bond acceptors (Lipinski definition) is 5. The Morgan fingerprint density at radius 2 is 2.00 bits per heavy atom. The van der Waals surface area contributed by atoms with Gasteiger partial charge in [0.2, 0.25) is 0 Å². The lowest BCUT2D eigenvalue weighted by Gasteiger charge is -2.31. The molecular weight excluding hydrogens is 396 g/mol. The molecule has 146 valence electrons. The molecule has 0 amide bonds. The molecule has 1 saturated carbocycles. The summed E-state index contributed by atoms with van der Waals surface area (Å²) < 4.78 is 6.09. The number of nitrogens with two attached hydrogens (primary N) is 1.